The van der Waals surface area contributed by atoms with Crippen LogP contribution in [0.15, 0.2) is 30.3 Å². The van der Waals surface area contributed by atoms with Gasteiger partial charge in [-0.1, -0.05) is 30.3 Å². The highest BCUT2D eigenvalue weighted by atomic mass is 16.5. The molecule has 1 aromatic carbocycles. The predicted molar refractivity (Wildman–Crippen MR) is 70.8 cm³/mol. The second-order valence-electron chi connectivity index (χ2n) is 4.28. The third kappa shape index (κ3) is 4.66. The Balaban J connectivity index is 2.86. The van der Waals surface area contributed by atoms with Gasteiger partial charge in [0.2, 0.25) is 0 Å². The van der Waals surface area contributed by atoms with E-state index < -0.39 is 11.9 Å². The molecule has 19 heavy (non-hydrogen) atoms. The van der Waals surface area contributed by atoms with Crippen molar-refractivity contribution in [3.8, 4) is 0 Å². The lowest BCUT2D eigenvalue weighted by Gasteiger charge is -2.13. The van der Waals surface area contributed by atoms with Crippen LogP contribution in [0.5, 0.6) is 0 Å². The smallest absolute Gasteiger partial charge is 0.316 e. The number of carbonyl (C=O) groups is 3. The van der Waals surface area contributed by atoms with Gasteiger partial charge in [0.05, 0.1) is 6.61 Å². The second kappa shape index (κ2) is 7.46. The Kier molecular flexibility index (Phi) is 5.93. The summed E-state index contributed by atoms with van der Waals surface area (Å²) in [5, 5.41) is 0. The Bertz CT molecular complexity index is 450. The highest BCUT2D eigenvalue weighted by Gasteiger charge is 2.28. The Hall–Kier alpha value is -1.97. The van der Waals surface area contributed by atoms with E-state index in [1.54, 1.807) is 37.3 Å². The summed E-state index contributed by atoms with van der Waals surface area (Å²) in [6.45, 7) is 3.35. The number of hydrogen-bond acceptors (Lipinski definition) is 4. The first-order valence-electron chi connectivity index (χ1n) is 6.31. The molecule has 0 aliphatic rings. The number of Topliss-reactive ketones (excluding diaryl/α,β-unsaturated/α-hetero) is 2. The molecule has 0 fully saturated rings. The van der Waals surface area contributed by atoms with Gasteiger partial charge in [-0.25, -0.2) is 0 Å². The van der Waals surface area contributed by atoms with Crippen molar-refractivity contribution in [2.75, 3.05) is 6.61 Å². The molecule has 0 unspecified atom stereocenters. The SMILES string of the molecule is CCOC(=O)[C@H](CCC(C)=O)C(=O)c1ccccc1. The summed E-state index contributed by atoms with van der Waals surface area (Å²) in [6, 6.07) is 8.58. The highest BCUT2D eigenvalue weighted by molar-refractivity contribution is 6.08. The van der Waals surface area contributed by atoms with Crippen LogP contribution in [0.3, 0.4) is 0 Å². The van der Waals surface area contributed by atoms with E-state index in [1.165, 1.54) is 6.92 Å². The summed E-state index contributed by atoms with van der Waals surface area (Å²) in [6.07, 6.45) is 0.393. The number of carbonyl (C=O) groups excluding carboxylic acids is 3. The van der Waals surface area contributed by atoms with Crippen molar-refractivity contribution in [1.82, 2.24) is 0 Å². The largest absolute Gasteiger partial charge is 0.465 e. The first-order valence-corrected chi connectivity index (χ1v) is 6.31. The summed E-state index contributed by atoms with van der Waals surface area (Å²) < 4.78 is 4.91. The zero-order valence-electron chi connectivity index (χ0n) is 11.2. The number of esters is 1. The van der Waals surface area contributed by atoms with Crippen molar-refractivity contribution in [1.29, 1.82) is 0 Å². The van der Waals surface area contributed by atoms with Crippen LogP contribution in [-0.2, 0) is 14.3 Å². The van der Waals surface area contributed by atoms with Gasteiger partial charge in [-0.05, 0) is 20.3 Å². The molecular formula is C15H18O4. The van der Waals surface area contributed by atoms with E-state index in [4.69, 9.17) is 4.74 Å². The molecule has 0 aliphatic heterocycles. The van der Waals surface area contributed by atoms with Gasteiger partial charge in [-0.3, -0.25) is 9.59 Å². The lowest BCUT2D eigenvalue weighted by Crippen LogP contribution is -2.27. The summed E-state index contributed by atoms with van der Waals surface area (Å²) in [5.41, 5.74) is 0.462. The van der Waals surface area contributed by atoms with Gasteiger partial charge >= 0.3 is 5.97 Å². The van der Waals surface area contributed by atoms with Crippen molar-refractivity contribution >= 4 is 17.5 Å². The minimum absolute atomic E-state index is 0.0461. The molecule has 0 N–H and O–H groups in total. The zero-order valence-corrected chi connectivity index (χ0v) is 11.2. The zero-order chi connectivity index (χ0) is 14.3. The van der Waals surface area contributed by atoms with Gasteiger partial charge in [0, 0.05) is 12.0 Å². The van der Waals surface area contributed by atoms with Gasteiger partial charge < -0.3 is 9.53 Å². The normalized spacial score (nSPS) is 11.7. The van der Waals surface area contributed by atoms with Crippen LogP contribution in [0.1, 0.15) is 37.0 Å². The average molecular weight is 262 g/mol. The Labute approximate surface area is 112 Å². The number of ketones is 2. The summed E-state index contributed by atoms with van der Waals surface area (Å²) >= 11 is 0. The Morgan fingerprint density at radius 3 is 2.32 bits per heavy atom. The fourth-order valence-corrected chi connectivity index (χ4v) is 1.75. The van der Waals surface area contributed by atoms with Gasteiger partial charge in [0.25, 0.3) is 0 Å². The maximum absolute atomic E-state index is 12.3. The standard InChI is InChI=1S/C15H18O4/c1-3-19-15(18)13(10-9-11(2)16)14(17)12-7-5-4-6-8-12/h4-8,13H,3,9-10H2,1-2H3/t13-/m1/s1. The molecule has 0 aliphatic carbocycles. The average Bonchev–Trinajstić information content (AvgIpc) is 2.39. The summed E-state index contributed by atoms with van der Waals surface area (Å²) in [4.78, 5) is 35.1. The van der Waals surface area contributed by atoms with Crippen molar-refractivity contribution in [3.05, 3.63) is 35.9 Å². The van der Waals surface area contributed by atoms with E-state index in [9.17, 15) is 14.4 Å². The number of rotatable bonds is 7. The van der Waals surface area contributed by atoms with Crippen LogP contribution in [0.4, 0.5) is 0 Å². The van der Waals surface area contributed by atoms with Crippen LogP contribution in [0, 0.1) is 5.92 Å². The fourth-order valence-electron chi connectivity index (χ4n) is 1.75. The molecule has 0 bridgehead atoms. The van der Waals surface area contributed by atoms with Crippen LogP contribution >= 0.6 is 0 Å². The molecule has 0 aromatic heterocycles. The van der Waals surface area contributed by atoms with Gasteiger partial charge in [-0.15, -0.1) is 0 Å². The topological polar surface area (TPSA) is 60.4 Å². The molecule has 1 aromatic rings. The monoisotopic (exact) mass is 262 g/mol. The van der Waals surface area contributed by atoms with E-state index in [1.807, 2.05) is 0 Å². The first-order chi connectivity index (χ1) is 9.06. The molecule has 0 radical (unpaired) electrons. The van der Waals surface area contributed by atoms with E-state index in [0.29, 0.717) is 5.56 Å². The molecule has 0 spiro atoms. The van der Waals surface area contributed by atoms with E-state index in [2.05, 4.69) is 0 Å². The van der Waals surface area contributed by atoms with Crippen LogP contribution in [-0.4, -0.2) is 24.1 Å². The quantitative estimate of drug-likeness (QED) is 0.430. The third-order valence-electron chi connectivity index (χ3n) is 2.73. The summed E-state index contributed by atoms with van der Waals surface area (Å²) in [7, 11) is 0. The molecular weight excluding hydrogens is 244 g/mol. The molecule has 4 nitrogen and oxygen atoms in total. The van der Waals surface area contributed by atoms with Crippen molar-refractivity contribution in [2.24, 2.45) is 5.92 Å². The van der Waals surface area contributed by atoms with Crippen molar-refractivity contribution < 1.29 is 19.1 Å². The lowest BCUT2D eigenvalue weighted by atomic mass is 9.92. The number of ether oxygens (including phenoxy) is 1. The molecule has 1 rings (SSSR count). The molecule has 0 saturated heterocycles. The molecule has 0 saturated carbocycles. The highest BCUT2D eigenvalue weighted by Crippen LogP contribution is 2.16. The minimum Gasteiger partial charge on any atom is -0.465 e. The van der Waals surface area contributed by atoms with E-state index >= 15 is 0 Å². The number of benzene rings is 1. The van der Waals surface area contributed by atoms with Gasteiger partial charge in [0.1, 0.15) is 11.7 Å². The van der Waals surface area contributed by atoms with Crippen molar-refractivity contribution in [2.45, 2.75) is 26.7 Å². The van der Waals surface area contributed by atoms with Gasteiger partial charge in [0.15, 0.2) is 5.78 Å². The maximum Gasteiger partial charge on any atom is 0.316 e. The molecule has 102 valence electrons. The lowest BCUT2D eigenvalue weighted by molar-refractivity contribution is -0.146. The van der Waals surface area contributed by atoms with Crippen LogP contribution in [0.25, 0.3) is 0 Å². The first kappa shape index (κ1) is 15.1. The van der Waals surface area contributed by atoms with E-state index in [0.717, 1.165) is 0 Å². The Morgan fingerprint density at radius 2 is 1.79 bits per heavy atom. The van der Waals surface area contributed by atoms with Gasteiger partial charge in [-0.2, -0.15) is 0 Å². The van der Waals surface area contributed by atoms with E-state index in [-0.39, 0.29) is 31.0 Å². The molecule has 0 amide bonds. The number of hydrogen-bond donors (Lipinski definition) is 0. The molecule has 1 atom stereocenters. The van der Waals surface area contributed by atoms with Crippen LogP contribution < -0.4 is 0 Å². The van der Waals surface area contributed by atoms with Crippen molar-refractivity contribution in [3.63, 3.8) is 0 Å². The third-order valence-corrected chi connectivity index (χ3v) is 2.73. The summed E-state index contributed by atoms with van der Waals surface area (Å²) in [5.74, 6) is -1.79. The molecule has 0 heterocycles. The second-order valence-corrected chi connectivity index (χ2v) is 4.28. The maximum atomic E-state index is 12.3. The minimum atomic E-state index is -0.897. The molecule has 4 heteroatoms. The Morgan fingerprint density at radius 1 is 1.16 bits per heavy atom. The predicted octanol–water partition coefficient (Wildman–Crippen LogP) is 2.42. The van der Waals surface area contributed by atoms with Crippen LogP contribution in [0.2, 0.25) is 0 Å². The fraction of sp³-hybridized carbons (Fsp3) is 0.400.